The Labute approximate surface area is 126 Å². The first-order valence-electron chi connectivity index (χ1n) is 6.74. The second-order valence-electron chi connectivity index (χ2n) is 4.73. The van der Waals surface area contributed by atoms with E-state index in [0.29, 0.717) is 0 Å². The molecule has 3 heteroatoms. The Kier molecular flexibility index (Phi) is 3.90. The Hall–Kier alpha value is -1.58. The molecular weight excluding hydrogens is 314 g/mol. The summed E-state index contributed by atoms with van der Waals surface area (Å²) in [6, 6.07) is 14.9. The van der Waals surface area contributed by atoms with Crippen molar-refractivity contribution >= 4 is 26.7 Å². The fourth-order valence-corrected chi connectivity index (χ4v) is 3.07. The molecule has 20 heavy (non-hydrogen) atoms. The van der Waals surface area contributed by atoms with Crippen molar-refractivity contribution in [1.82, 2.24) is 5.32 Å². The van der Waals surface area contributed by atoms with Gasteiger partial charge in [-0.15, -0.1) is 0 Å². The second kappa shape index (κ2) is 5.81. The molecule has 0 radical (unpaired) electrons. The van der Waals surface area contributed by atoms with Crippen molar-refractivity contribution in [2.75, 3.05) is 6.54 Å². The molecule has 1 heterocycles. The number of nitrogens with one attached hydrogen (secondary N) is 1. The summed E-state index contributed by atoms with van der Waals surface area (Å²) in [5.41, 5.74) is 2.42. The van der Waals surface area contributed by atoms with E-state index in [1.807, 2.05) is 12.3 Å². The lowest BCUT2D eigenvalue weighted by atomic mass is 9.95. The van der Waals surface area contributed by atoms with Gasteiger partial charge in [0.2, 0.25) is 0 Å². The van der Waals surface area contributed by atoms with Crippen LogP contribution in [0.1, 0.15) is 24.1 Å². The lowest BCUT2D eigenvalue weighted by Crippen LogP contribution is -2.21. The average molecular weight is 330 g/mol. The molecule has 3 aromatic rings. The largest absolute Gasteiger partial charge is 0.472 e. The number of hydrogen-bond donors (Lipinski definition) is 1. The van der Waals surface area contributed by atoms with Crippen molar-refractivity contribution in [3.05, 3.63) is 70.6 Å². The number of rotatable bonds is 4. The number of hydrogen-bond acceptors (Lipinski definition) is 2. The Morgan fingerprint density at radius 3 is 2.60 bits per heavy atom. The van der Waals surface area contributed by atoms with E-state index in [1.165, 1.54) is 16.3 Å². The Bertz CT molecular complexity index is 706. The highest BCUT2D eigenvalue weighted by Crippen LogP contribution is 2.33. The summed E-state index contributed by atoms with van der Waals surface area (Å²) >= 11 is 3.63. The van der Waals surface area contributed by atoms with Crippen LogP contribution in [0.25, 0.3) is 10.8 Å². The van der Waals surface area contributed by atoms with Crippen molar-refractivity contribution in [1.29, 1.82) is 0 Å². The van der Waals surface area contributed by atoms with Gasteiger partial charge in [-0.2, -0.15) is 0 Å². The lowest BCUT2D eigenvalue weighted by Gasteiger charge is -2.19. The zero-order chi connectivity index (χ0) is 13.9. The number of halogens is 1. The van der Waals surface area contributed by atoms with Gasteiger partial charge in [0.1, 0.15) is 0 Å². The van der Waals surface area contributed by atoms with E-state index in [0.717, 1.165) is 16.6 Å². The minimum Gasteiger partial charge on any atom is -0.472 e. The topological polar surface area (TPSA) is 25.2 Å². The normalized spacial score (nSPS) is 12.7. The fourth-order valence-electron chi connectivity index (χ4n) is 2.59. The molecule has 0 saturated carbocycles. The monoisotopic (exact) mass is 329 g/mol. The molecule has 0 fully saturated rings. The van der Waals surface area contributed by atoms with Crippen molar-refractivity contribution in [2.24, 2.45) is 0 Å². The van der Waals surface area contributed by atoms with Crippen LogP contribution in [0, 0.1) is 0 Å². The van der Waals surface area contributed by atoms with Gasteiger partial charge in [-0.3, -0.25) is 0 Å². The molecule has 1 N–H and O–H groups in total. The molecule has 0 spiro atoms. The molecule has 1 unspecified atom stereocenters. The third kappa shape index (κ3) is 2.39. The van der Waals surface area contributed by atoms with Gasteiger partial charge < -0.3 is 9.73 Å². The van der Waals surface area contributed by atoms with Crippen LogP contribution in [-0.4, -0.2) is 6.54 Å². The van der Waals surface area contributed by atoms with E-state index in [1.54, 1.807) is 6.26 Å². The van der Waals surface area contributed by atoms with Crippen molar-refractivity contribution in [3.63, 3.8) is 0 Å². The van der Waals surface area contributed by atoms with E-state index in [-0.39, 0.29) is 6.04 Å². The molecule has 2 aromatic carbocycles. The molecule has 0 aliphatic heterocycles. The van der Waals surface area contributed by atoms with Crippen LogP contribution in [0.2, 0.25) is 0 Å². The first-order chi connectivity index (χ1) is 9.81. The summed E-state index contributed by atoms with van der Waals surface area (Å²) in [7, 11) is 0. The van der Waals surface area contributed by atoms with Crippen LogP contribution in [0.15, 0.2) is 63.9 Å². The van der Waals surface area contributed by atoms with E-state index in [4.69, 9.17) is 4.42 Å². The minimum atomic E-state index is 0.150. The predicted octanol–water partition coefficient (Wildman–Crippen LogP) is 4.89. The summed E-state index contributed by atoms with van der Waals surface area (Å²) in [6.07, 6.45) is 3.53. The molecule has 0 saturated heterocycles. The van der Waals surface area contributed by atoms with E-state index < -0.39 is 0 Å². The highest BCUT2D eigenvalue weighted by molar-refractivity contribution is 9.10. The number of fused-ring (bicyclic) bond motifs is 1. The zero-order valence-corrected chi connectivity index (χ0v) is 12.9. The summed E-state index contributed by atoms with van der Waals surface area (Å²) in [4.78, 5) is 0. The lowest BCUT2D eigenvalue weighted by molar-refractivity contribution is 0.553. The summed E-state index contributed by atoms with van der Waals surface area (Å²) < 4.78 is 6.37. The Morgan fingerprint density at radius 1 is 1.10 bits per heavy atom. The van der Waals surface area contributed by atoms with Gasteiger partial charge in [0.05, 0.1) is 18.6 Å². The van der Waals surface area contributed by atoms with E-state index in [2.05, 4.69) is 64.6 Å². The van der Waals surface area contributed by atoms with Gasteiger partial charge in [0.15, 0.2) is 0 Å². The Balaban J connectivity index is 2.19. The number of furan rings is 1. The molecule has 1 aromatic heterocycles. The van der Waals surface area contributed by atoms with Gasteiger partial charge in [0, 0.05) is 10.0 Å². The van der Waals surface area contributed by atoms with Crippen LogP contribution >= 0.6 is 15.9 Å². The van der Waals surface area contributed by atoms with Gasteiger partial charge in [0.25, 0.3) is 0 Å². The van der Waals surface area contributed by atoms with E-state index >= 15 is 0 Å². The van der Waals surface area contributed by atoms with Crippen molar-refractivity contribution < 1.29 is 4.42 Å². The smallest absolute Gasteiger partial charge is 0.0953 e. The predicted molar refractivity (Wildman–Crippen MR) is 85.9 cm³/mol. The van der Waals surface area contributed by atoms with E-state index in [9.17, 15) is 0 Å². The molecule has 102 valence electrons. The molecule has 0 aliphatic rings. The third-order valence-electron chi connectivity index (χ3n) is 3.50. The molecule has 0 amide bonds. The highest BCUT2D eigenvalue weighted by Gasteiger charge is 2.17. The second-order valence-corrected chi connectivity index (χ2v) is 5.58. The van der Waals surface area contributed by atoms with Crippen molar-refractivity contribution in [2.45, 2.75) is 13.0 Å². The maximum Gasteiger partial charge on any atom is 0.0953 e. The van der Waals surface area contributed by atoms with Gasteiger partial charge in [-0.25, -0.2) is 0 Å². The summed E-state index contributed by atoms with van der Waals surface area (Å²) in [5, 5.41) is 6.03. The van der Waals surface area contributed by atoms with Crippen LogP contribution in [0.5, 0.6) is 0 Å². The van der Waals surface area contributed by atoms with Crippen LogP contribution in [0.4, 0.5) is 0 Å². The third-order valence-corrected chi connectivity index (χ3v) is 4.19. The molecule has 1 atom stereocenters. The van der Waals surface area contributed by atoms with Crippen LogP contribution < -0.4 is 5.32 Å². The van der Waals surface area contributed by atoms with Crippen LogP contribution in [0.3, 0.4) is 0 Å². The summed E-state index contributed by atoms with van der Waals surface area (Å²) in [5.74, 6) is 0. The van der Waals surface area contributed by atoms with Crippen molar-refractivity contribution in [3.8, 4) is 0 Å². The highest BCUT2D eigenvalue weighted by atomic mass is 79.9. The minimum absolute atomic E-state index is 0.150. The maximum absolute atomic E-state index is 5.25. The standard InChI is InChI=1S/C17H16BrNO/c1-2-19-17(12-9-10-20-11-12)15-7-8-16(18)14-6-4-3-5-13(14)15/h3-11,17,19H,2H2,1H3. The fraction of sp³-hybridized carbons (Fsp3) is 0.176. The molecule has 0 aliphatic carbocycles. The molecule has 3 rings (SSSR count). The van der Waals surface area contributed by atoms with Crippen LogP contribution in [-0.2, 0) is 0 Å². The maximum atomic E-state index is 5.25. The molecule has 2 nitrogen and oxygen atoms in total. The SMILES string of the molecule is CCNC(c1ccoc1)c1ccc(Br)c2ccccc12. The van der Waals surface area contributed by atoms with Gasteiger partial charge >= 0.3 is 0 Å². The Morgan fingerprint density at radius 2 is 1.90 bits per heavy atom. The molecule has 0 bridgehead atoms. The summed E-state index contributed by atoms with van der Waals surface area (Å²) in [6.45, 7) is 3.02. The van der Waals surface area contributed by atoms with Gasteiger partial charge in [-0.05, 0) is 35.0 Å². The molecular formula is C17H16BrNO. The number of benzene rings is 2. The first-order valence-corrected chi connectivity index (χ1v) is 7.53. The zero-order valence-electron chi connectivity index (χ0n) is 11.3. The first kappa shape index (κ1) is 13.4. The quantitative estimate of drug-likeness (QED) is 0.736. The van der Waals surface area contributed by atoms with Gasteiger partial charge in [-0.1, -0.05) is 53.2 Å². The average Bonchev–Trinajstić information content (AvgIpc) is 3.00.